The van der Waals surface area contributed by atoms with Crippen LogP contribution in [-0.4, -0.2) is 69.6 Å². The van der Waals surface area contributed by atoms with Gasteiger partial charge in [-0.3, -0.25) is 0 Å². The third kappa shape index (κ3) is 10.1. The van der Waals surface area contributed by atoms with Gasteiger partial charge in [0.15, 0.2) is 0 Å². The van der Waals surface area contributed by atoms with Crippen LogP contribution in [0.3, 0.4) is 0 Å². The van der Waals surface area contributed by atoms with Crippen LogP contribution in [0.15, 0.2) is 60.7 Å². The van der Waals surface area contributed by atoms with E-state index in [0.717, 1.165) is 0 Å². The molecule has 0 heterocycles. The van der Waals surface area contributed by atoms with Gasteiger partial charge in [0.05, 0.1) is 25.2 Å². The fraction of sp³-hybridized carbons (Fsp3) is 0.294. The van der Waals surface area contributed by atoms with Crippen molar-refractivity contribution in [1.29, 1.82) is 0 Å². The van der Waals surface area contributed by atoms with E-state index >= 15 is 0 Å². The second-order valence-electron chi connectivity index (χ2n) is 6.22. The van der Waals surface area contributed by atoms with Gasteiger partial charge >= 0.3 is 15.6 Å². The summed E-state index contributed by atoms with van der Waals surface area (Å²) in [5, 5.41) is 40.6. The fourth-order valence-corrected chi connectivity index (χ4v) is 2.63. The minimum absolute atomic E-state index is 0.508. The normalized spacial score (nSPS) is 12.2. The van der Waals surface area contributed by atoms with Gasteiger partial charge in [0, 0.05) is 0 Å². The average Bonchev–Trinajstić information content (AvgIpc) is 2.68. The number of aliphatic hydroxyl groups is 4. The summed E-state index contributed by atoms with van der Waals surface area (Å²) in [6.45, 7) is -1.67. The summed E-state index contributed by atoms with van der Waals surface area (Å²) in [5.74, 6) is 0. The van der Waals surface area contributed by atoms with E-state index in [1.807, 2.05) is 12.1 Å². The zero-order valence-electron chi connectivity index (χ0n) is 16.1. The Morgan fingerprint density at radius 2 is 0.806 bits per heavy atom. The third-order valence-electron chi connectivity index (χ3n) is 4.06. The Morgan fingerprint density at radius 1 is 0.581 bits per heavy atom. The summed E-state index contributed by atoms with van der Waals surface area (Å²) in [7, 11) is -9.28. The maximum Gasteiger partial charge on any atom is 0.466 e. The maximum absolute atomic E-state index is 11.4. The van der Waals surface area contributed by atoms with E-state index in [-0.39, 0.29) is 0 Å². The van der Waals surface area contributed by atoms with Gasteiger partial charge in [-0.2, -0.15) is 0 Å². The number of hydrogen-bond acceptors (Lipinski definition) is 6. The van der Waals surface area contributed by atoms with Crippen molar-refractivity contribution in [3.63, 3.8) is 0 Å². The predicted molar refractivity (Wildman–Crippen MR) is 108 cm³/mol. The van der Waals surface area contributed by atoms with E-state index in [0.29, 0.717) is 11.1 Å². The van der Waals surface area contributed by atoms with Crippen molar-refractivity contribution >= 4 is 15.6 Å². The maximum atomic E-state index is 11.4. The molecule has 2 rings (SSSR count). The van der Waals surface area contributed by atoms with Crippen LogP contribution >= 0.6 is 15.6 Å². The fourth-order valence-electron chi connectivity index (χ4n) is 2.63. The Bertz CT molecular complexity index is 762. The van der Waals surface area contributed by atoms with Crippen molar-refractivity contribution in [2.24, 2.45) is 5.41 Å². The SMILES string of the molecule is O=P(O)(O)O.O=P(O)(O)O.OCC(CO)(CO)C(O)(c1ccccc1)c1ccccc1. The first kappa shape index (κ1) is 29.5. The quantitative estimate of drug-likeness (QED) is 0.223. The number of aliphatic hydroxyl groups excluding tert-OH is 3. The van der Waals surface area contributed by atoms with Crippen molar-refractivity contribution in [3.8, 4) is 0 Å². The molecule has 176 valence electrons. The lowest BCUT2D eigenvalue weighted by Crippen LogP contribution is -2.54. The molecule has 0 atom stereocenters. The van der Waals surface area contributed by atoms with Crippen molar-refractivity contribution in [2.75, 3.05) is 19.8 Å². The summed E-state index contributed by atoms with van der Waals surface area (Å²) in [5.41, 5.74) is -2.18. The first-order valence-electron chi connectivity index (χ1n) is 8.37. The van der Waals surface area contributed by atoms with Crippen molar-refractivity contribution in [3.05, 3.63) is 71.8 Å². The van der Waals surface area contributed by atoms with Gasteiger partial charge in [0.1, 0.15) is 5.60 Å². The van der Waals surface area contributed by atoms with Crippen LogP contribution in [-0.2, 0) is 14.7 Å². The van der Waals surface area contributed by atoms with Gasteiger partial charge in [-0.25, -0.2) is 9.13 Å². The average molecular weight is 484 g/mol. The van der Waals surface area contributed by atoms with Crippen LogP contribution in [0.4, 0.5) is 0 Å². The molecular weight excluding hydrogens is 458 g/mol. The molecule has 0 aliphatic carbocycles. The molecule has 12 nitrogen and oxygen atoms in total. The van der Waals surface area contributed by atoms with Crippen molar-refractivity contribution in [1.82, 2.24) is 0 Å². The standard InChI is InChI=1S/C17H20O4.2H3O4P/c18-11-16(12-19,13-20)17(21,14-7-3-1-4-8-14)15-9-5-2-6-10-15;2*1-5(2,3)4/h1-10,18-21H,11-13H2;2*(H3,1,2,3,4). The minimum Gasteiger partial charge on any atom is -0.395 e. The lowest BCUT2D eigenvalue weighted by Gasteiger charge is -2.45. The molecule has 0 unspecified atom stereocenters. The molecule has 0 aliphatic heterocycles. The summed E-state index contributed by atoms with van der Waals surface area (Å²) >= 11 is 0. The molecule has 10 N–H and O–H groups in total. The zero-order valence-corrected chi connectivity index (χ0v) is 17.9. The molecular formula is C17H26O12P2. The van der Waals surface area contributed by atoms with Gasteiger partial charge in [-0.15, -0.1) is 0 Å². The Balaban J connectivity index is 0.000000752. The highest BCUT2D eigenvalue weighted by molar-refractivity contribution is 7.45. The number of phosphoric acid groups is 2. The molecule has 0 fully saturated rings. The lowest BCUT2D eigenvalue weighted by atomic mass is 9.66. The largest absolute Gasteiger partial charge is 0.466 e. The topological polar surface area (TPSA) is 236 Å². The molecule has 0 aliphatic rings. The van der Waals surface area contributed by atoms with Gasteiger partial charge in [-0.1, -0.05) is 60.7 Å². The van der Waals surface area contributed by atoms with E-state index in [9.17, 15) is 20.4 Å². The summed E-state index contributed by atoms with van der Waals surface area (Å²) in [6, 6.07) is 17.5. The van der Waals surface area contributed by atoms with Crippen LogP contribution < -0.4 is 0 Å². The third-order valence-corrected chi connectivity index (χ3v) is 4.06. The smallest absolute Gasteiger partial charge is 0.395 e. The summed E-state index contributed by atoms with van der Waals surface area (Å²) < 4.78 is 17.8. The summed E-state index contributed by atoms with van der Waals surface area (Å²) in [6.07, 6.45) is 0. The van der Waals surface area contributed by atoms with Gasteiger partial charge in [0.25, 0.3) is 0 Å². The van der Waals surface area contributed by atoms with E-state index in [1.54, 1.807) is 48.5 Å². The molecule has 2 aromatic rings. The van der Waals surface area contributed by atoms with E-state index in [1.165, 1.54) is 0 Å². The number of hydrogen-bond donors (Lipinski definition) is 10. The molecule has 2 aromatic carbocycles. The monoisotopic (exact) mass is 484 g/mol. The molecule has 31 heavy (non-hydrogen) atoms. The lowest BCUT2D eigenvalue weighted by molar-refractivity contribution is -0.136. The second-order valence-corrected chi connectivity index (χ2v) is 8.28. The van der Waals surface area contributed by atoms with Crippen molar-refractivity contribution in [2.45, 2.75) is 5.60 Å². The first-order chi connectivity index (χ1) is 14.1. The molecule has 0 bridgehead atoms. The van der Waals surface area contributed by atoms with Gasteiger partial charge in [-0.05, 0) is 11.1 Å². The highest BCUT2D eigenvalue weighted by Crippen LogP contribution is 2.44. The Labute approximate surface area is 177 Å². The van der Waals surface area contributed by atoms with Crippen molar-refractivity contribution < 1.29 is 58.9 Å². The number of rotatable bonds is 6. The second kappa shape index (κ2) is 12.5. The number of benzene rings is 2. The van der Waals surface area contributed by atoms with Crippen LogP contribution in [0.1, 0.15) is 11.1 Å². The highest BCUT2D eigenvalue weighted by atomic mass is 31.2. The molecule has 0 saturated carbocycles. The molecule has 0 amide bonds. The molecule has 0 radical (unpaired) electrons. The molecule has 14 heteroatoms. The van der Waals surface area contributed by atoms with E-state index < -0.39 is 46.5 Å². The Hall–Kier alpha value is -1.50. The highest BCUT2D eigenvalue weighted by Gasteiger charge is 2.52. The molecule has 0 saturated heterocycles. The van der Waals surface area contributed by atoms with Crippen LogP contribution in [0.5, 0.6) is 0 Å². The van der Waals surface area contributed by atoms with E-state index in [4.69, 9.17) is 38.5 Å². The van der Waals surface area contributed by atoms with Gasteiger partial charge < -0.3 is 49.8 Å². The molecule has 0 spiro atoms. The van der Waals surface area contributed by atoms with Gasteiger partial charge in [0.2, 0.25) is 0 Å². The Morgan fingerprint density at radius 3 is 1.00 bits per heavy atom. The Kier molecular flexibility index (Phi) is 11.9. The van der Waals surface area contributed by atoms with Crippen LogP contribution in [0.2, 0.25) is 0 Å². The predicted octanol–water partition coefficient (Wildman–Crippen LogP) is -0.971. The minimum atomic E-state index is -4.64. The van der Waals surface area contributed by atoms with E-state index in [2.05, 4.69) is 0 Å². The van der Waals surface area contributed by atoms with Crippen LogP contribution in [0.25, 0.3) is 0 Å². The first-order valence-corrected chi connectivity index (χ1v) is 11.5. The summed E-state index contributed by atoms with van der Waals surface area (Å²) in [4.78, 5) is 43.1. The molecule has 0 aromatic heterocycles. The van der Waals surface area contributed by atoms with Crippen LogP contribution in [0, 0.1) is 5.41 Å². The zero-order chi connectivity index (χ0) is 24.3.